The van der Waals surface area contributed by atoms with E-state index < -0.39 is 5.97 Å². The summed E-state index contributed by atoms with van der Waals surface area (Å²) in [5, 5.41) is 15.6. The van der Waals surface area contributed by atoms with Crippen molar-refractivity contribution in [2.24, 2.45) is 0 Å². The quantitative estimate of drug-likeness (QED) is 0.724. The lowest BCUT2D eigenvalue weighted by Gasteiger charge is -2.29. The van der Waals surface area contributed by atoms with Crippen molar-refractivity contribution in [2.45, 2.75) is 25.9 Å². The van der Waals surface area contributed by atoms with Gasteiger partial charge in [-0.05, 0) is 13.0 Å². The highest BCUT2D eigenvalue weighted by Gasteiger charge is 2.17. The second-order valence-corrected chi connectivity index (χ2v) is 5.40. The number of carbonyl (C=O) groups excluding carboxylic acids is 1. The minimum atomic E-state index is -0.888. The molecule has 1 amide bonds. The van der Waals surface area contributed by atoms with Crippen LogP contribution in [0.25, 0.3) is 0 Å². The fourth-order valence-electron chi connectivity index (χ4n) is 2.33. The lowest BCUT2D eigenvalue weighted by Crippen LogP contribution is -2.46. The van der Waals surface area contributed by atoms with Crippen LogP contribution in [0.5, 0.6) is 0 Å². The summed E-state index contributed by atoms with van der Waals surface area (Å²) in [6.45, 7) is 6.20. The minimum Gasteiger partial charge on any atom is -0.481 e. The molecule has 1 fully saturated rings. The van der Waals surface area contributed by atoms with E-state index in [1.165, 1.54) is 4.68 Å². The van der Waals surface area contributed by atoms with Crippen molar-refractivity contribution >= 4 is 11.9 Å². The maximum absolute atomic E-state index is 12.1. The molecule has 0 spiro atoms. The number of carboxylic acids is 1. The number of nitrogens with one attached hydrogen (secondary N) is 1. The monoisotopic (exact) mass is 310 g/mol. The molecule has 2 N–H and O–H groups in total. The molecular weight excluding hydrogens is 288 g/mol. The predicted molar refractivity (Wildman–Crippen MR) is 78.7 cm³/mol. The van der Waals surface area contributed by atoms with Gasteiger partial charge in [-0.3, -0.25) is 19.2 Å². The van der Waals surface area contributed by atoms with Crippen LogP contribution in [0, 0.1) is 0 Å². The molecule has 1 unspecified atom stereocenters. The maximum Gasteiger partial charge on any atom is 0.305 e. The van der Waals surface area contributed by atoms with E-state index in [0.717, 1.165) is 32.8 Å². The molecule has 0 saturated carbocycles. The van der Waals surface area contributed by atoms with Crippen molar-refractivity contribution in [3.63, 3.8) is 0 Å². The molecule has 2 heterocycles. The zero-order valence-corrected chi connectivity index (χ0v) is 12.7. The van der Waals surface area contributed by atoms with Crippen molar-refractivity contribution < 1.29 is 19.4 Å². The molecule has 0 aromatic carbocycles. The smallest absolute Gasteiger partial charge is 0.305 e. The highest BCUT2D eigenvalue weighted by Crippen LogP contribution is 2.01. The first-order chi connectivity index (χ1) is 10.5. The van der Waals surface area contributed by atoms with Crippen LogP contribution in [0.4, 0.5) is 0 Å². The number of nitrogens with zero attached hydrogens (tertiary/aromatic N) is 3. The normalized spacial score (nSPS) is 17.1. The summed E-state index contributed by atoms with van der Waals surface area (Å²) in [5.74, 6) is -1.13. The first kappa shape index (κ1) is 16.4. The van der Waals surface area contributed by atoms with Crippen molar-refractivity contribution in [1.82, 2.24) is 20.0 Å². The zero-order chi connectivity index (χ0) is 15.9. The maximum atomic E-state index is 12.1. The van der Waals surface area contributed by atoms with Crippen LogP contribution in [0.2, 0.25) is 0 Å². The van der Waals surface area contributed by atoms with E-state index in [-0.39, 0.29) is 24.9 Å². The van der Waals surface area contributed by atoms with Gasteiger partial charge in [-0.2, -0.15) is 5.10 Å². The molecule has 8 nitrogen and oxygen atoms in total. The number of morpholine rings is 1. The Morgan fingerprint density at radius 1 is 1.45 bits per heavy atom. The summed E-state index contributed by atoms with van der Waals surface area (Å²) >= 11 is 0. The third kappa shape index (κ3) is 5.12. The van der Waals surface area contributed by atoms with Crippen LogP contribution in [-0.2, 0) is 16.1 Å². The summed E-state index contributed by atoms with van der Waals surface area (Å²) in [5.41, 5.74) is 0.305. The van der Waals surface area contributed by atoms with Crippen LogP contribution in [0.3, 0.4) is 0 Å². The minimum absolute atomic E-state index is 0.00905. The summed E-state index contributed by atoms with van der Waals surface area (Å²) in [4.78, 5) is 24.9. The van der Waals surface area contributed by atoms with E-state index >= 15 is 0 Å². The molecule has 22 heavy (non-hydrogen) atoms. The summed E-state index contributed by atoms with van der Waals surface area (Å²) in [6, 6.07) is 1.60. The Morgan fingerprint density at radius 2 is 2.18 bits per heavy atom. The molecule has 0 aliphatic carbocycles. The molecule has 1 aliphatic rings. The van der Waals surface area contributed by atoms with E-state index in [1.54, 1.807) is 12.3 Å². The molecule has 122 valence electrons. The molecule has 0 radical (unpaired) electrons. The first-order valence-electron chi connectivity index (χ1n) is 7.41. The highest BCUT2D eigenvalue weighted by atomic mass is 16.5. The number of aromatic nitrogens is 2. The summed E-state index contributed by atoms with van der Waals surface area (Å²) in [6.07, 6.45) is 1.60. The third-order valence-electron chi connectivity index (χ3n) is 3.44. The molecular formula is C14H22N4O4. The van der Waals surface area contributed by atoms with E-state index in [4.69, 9.17) is 9.84 Å². The van der Waals surface area contributed by atoms with Gasteiger partial charge >= 0.3 is 5.97 Å². The number of rotatable bonds is 7. The number of carbonyl (C=O) groups is 2. The van der Waals surface area contributed by atoms with Crippen LogP contribution in [0.15, 0.2) is 12.3 Å². The fraction of sp³-hybridized carbons (Fsp3) is 0.643. The van der Waals surface area contributed by atoms with Crippen molar-refractivity contribution in [2.75, 3.05) is 32.8 Å². The Morgan fingerprint density at radius 3 is 2.86 bits per heavy atom. The van der Waals surface area contributed by atoms with Gasteiger partial charge in [-0.15, -0.1) is 0 Å². The zero-order valence-electron chi connectivity index (χ0n) is 12.7. The molecule has 1 aliphatic heterocycles. The Balaban J connectivity index is 1.79. The van der Waals surface area contributed by atoms with Gasteiger partial charge in [0, 0.05) is 31.9 Å². The van der Waals surface area contributed by atoms with Gasteiger partial charge in [0.1, 0.15) is 5.69 Å². The summed E-state index contributed by atoms with van der Waals surface area (Å²) < 4.78 is 6.76. The van der Waals surface area contributed by atoms with Gasteiger partial charge in [0.05, 0.1) is 26.2 Å². The number of ether oxygens (including phenoxy) is 1. The molecule has 8 heteroatoms. The average molecular weight is 310 g/mol. The Labute approximate surface area is 129 Å². The fourth-order valence-corrected chi connectivity index (χ4v) is 2.33. The number of carboxylic acid groups (broad SMARTS) is 1. The SMILES string of the molecule is CC(CN1CCOCC1)NC(=O)c1ccn(CCC(=O)O)n1. The predicted octanol–water partition coefficient (Wildman–Crippen LogP) is -0.192. The largest absolute Gasteiger partial charge is 0.481 e. The third-order valence-corrected chi connectivity index (χ3v) is 3.44. The lowest BCUT2D eigenvalue weighted by atomic mass is 10.2. The summed E-state index contributed by atoms with van der Waals surface area (Å²) in [7, 11) is 0. The number of amides is 1. The number of hydrogen-bond acceptors (Lipinski definition) is 5. The highest BCUT2D eigenvalue weighted by molar-refractivity contribution is 5.92. The van der Waals surface area contributed by atoms with Crippen molar-refractivity contribution in [1.29, 1.82) is 0 Å². The average Bonchev–Trinajstić information content (AvgIpc) is 2.95. The Bertz CT molecular complexity index is 511. The second-order valence-electron chi connectivity index (χ2n) is 5.40. The van der Waals surface area contributed by atoms with E-state index in [0.29, 0.717) is 5.69 Å². The first-order valence-corrected chi connectivity index (χ1v) is 7.41. The Hall–Kier alpha value is -1.93. The molecule has 1 saturated heterocycles. The van der Waals surface area contributed by atoms with E-state index in [1.807, 2.05) is 6.92 Å². The molecule has 2 rings (SSSR count). The molecule has 1 atom stereocenters. The number of aliphatic carboxylic acids is 1. The Kier molecular flexibility index (Phi) is 5.91. The van der Waals surface area contributed by atoms with Gasteiger partial charge in [0.25, 0.3) is 5.91 Å². The van der Waals surface area contributed by atoms with Gasteiger partial charge in [0.15, 0.2) is 0 Å². The lowest BCUT2D eigenvalue weighted by molar-refractivity contribution is -0.137. The van der Waals surface area contributed by atoms with Crippen LogP contribution >= 0.6 is 0 Å². The van der Waals surface area contributed by atoms with Gasteiger partial charge in [0.2, 0.25) is 0 Å². The van der Waals surface area contributed by atoms with Crippen LogP contribution in [0.1, 0.15) is 23.8 Å². The van der Waals surface area contributed by atoms with E-state index in [2.05, 4.69) is 15.3 Å². The molecule has 0 bridgehead atoms. The van der Waals surface area contributed by atoms with Crippen LogP contribution < -0.4 is 5.32 Å². The van der Waals surface area contributed by atoms with Gasteiger partial charge in [-0.25, -0.2) is 0 Å². The van der Waals surface area contributed by atoms with Crippen LogP contribution in [-0.4, -0.2) is 70.6 Å². The van der Waals surface area contributed by atoms with E-state index in [9.17, 15) is 9.59 Å². The second kappa shape index (κ2) is 7.90. The topological polar surface area (TPSA) is 96.7 Å². The van der Waals surface area contributed by atoms with Crippen molar-refractivity contribution in [3.05, 3.63) is 18.0 Å². The van der Waals surface area contributed by atoms with Gasteiger partial charge < -0.3 is 15.2 Å². The molecule has 1 aromatic rings. The standard InChI is InChI=1S/C14H22N4O4/c1-11(10-17-6-8-22-9-7-17)15-14(21)12-2-4-18(16-12)5-3-13(19)20/h2,4,11H,3,5-10H2,1H3,(H,15,21)(H,19,20). The molecule has 1 aromatic heterocycles. The number of aryl methyl sites for hydroxylation is 1. The van der Waals surface area contributed by atoms with Gasteiger partial charge in [-0.1, -0.05) is 0 Å². The van der Waals surface area contributed by atoms with Crippen molar-refractivity contribution in [3.8, 4) is 0 Å². The number of hydrogen-bond donors (Lipinski definition) is 2.